The largest absolute Gasteiger partial charge is 0.372 e. The maximum Gasteiger partial charge on any atom is 0.311 e. The topological polar surface area (TPSA) is 143 Å². The first kappa shape index (κ1) is 23.3. The summed E-state index contributed by atoms with van der Waals surface area (Å²) in [6, 6.07) is 6.08. The van der Waals surface area contributed by atoms with E-state index in [-0.39, 0.29) is 11.6 Å². The molecule has 0 atom stereocenters. The van der Waals surface area contributed by atoms with Gasteiger partial charge in [-0.25, -0.2) is 0 Å². The Hall–Kier alpha value is -3.96. The summed E-state index contributed by atoms with van der Waals surface area (Å²) in [6.45, 7) is 6.88. The number of carbonyl (C=O) groups excluding carboxylic acids is 1. The number of nitrogens with one attached hydrogen (secondary N) is 1. The fraction of sp³-hybridized carbons (Fsp3) is 0.316. The van der Waals surface area contributed by atoms with Crippen LogP contribution in [0.4, 0.5) is 38.5 Å². The fourth-order valence-electron chi connectivity index (χ4n) is 2.85. The predicted octanol–water partition coefficient (Wildman–Crippen LogP) is 5.25. The monoisotopic (exact) mass is 432 g/mol. The first-order chi connectivity index (χ1) is 14.7. The molecule has 0 aliphatic heterocycles. The second-order valence-electron chi connectivity index (χ2n) is 6.47. The van der Waals surface area contributed by atoms with Gasteiger partial charge in [-0.2, -0.15) is 4.39 Å². The third kappa shape index (κ3) is 5.78. The molecular formula is C19H21FN6O5. The van der Waals surface area contributed by atoms with Gasteiger partial charge in [-0.05, 0) is 31.5 Å². The molecule has 0 saturated carbocycles. The van der Waals surface area contributed by atoms with Crippen LogP contribution >= 0.6 is 0 Å². The zero-order chi connectivity index (χ0) is 23.1. The molecule has 0 fully saturated rings. The molecule has 0 unspecified atom stereocenters. The molecule has 1 amide bonds. The van der Waals surface area contributed by atoms with Crippen molar-refractivity contribution in [3.8, 4) is 0 Å². The lowest BCUT2D eigenvalue weighted by Gasteiger charge is -2.23. The number of carbonyl (C=O) groups is 1. The van der Waals surface area contributed by atoms with E-state index in [1.807, 2.05) is 13.8 Å². The SMILES string of the molecule is CCCN(CC)c1ccc(N=Nc2cc(F)c([N+](=O)[O-])cc2[N+](=O)[O-])c(NC(C)=O)c1. The van der Waals surface area contributed by atoms with Crippen molar-refractivity contribution in [2.45, 2.75) is 27.2 Å². The van der Waals surface area contributed by atoms with E-state index in [0.29, 0.717) is 17.8 Å². The minimum absolute atomic E-state index is 0.180. The molecular weight excluding hydrogens is 411 g/mol. The molecule has 0 bridgehead atoms. The van der Waals surface area contributed by atoms with Crippen molar-refractivity contribution in [2.75, 3.05) is 23.3 Å². The van der Waals surface area contributed by atoms with Gasteiger partial charge >= 0.3 is 11.4 Å². The van der Waals surface area contributed by atoms with Crippen molar-refractivity contribution in [2.24, 2.45) is 10.2 Å². The number of hydrogen-bond donors (Lipinski definition) is 1. The Balaban J connectivity index is 2.52. The lowest BCUT2D eigenvalue weighted by Crippen LogP contribution is -2.23. The summed E-state index contributed by atoms with van der Waals surface area (Å²) in [5.41, 5.74) is -0.974. The van der Waals surface area contributed by atoms with E-state index in [0.717, 1.165) is 25.2 Å². The van der Waals surface area contributed by atoms with E-state index in [4.69, 9.17) is 0 Å². The van der Waals surface area contributed by atoms with Crippen molar-refractivity contribution >= 4 is 40.0 Å². The maximum absolute atomic E-state index is 13.9. The van der Waals surface area contributed by atoms with Crippen LogP contribution in [-0.2, 0) is 4.79 Å². The molecule has 0 spiro atoms. The summed E-state index contributed by atoms with van der Waals surface area (Å²) < 4.78 is 13.9. The Morgan fingerprint density at radius 2 is 1.71 bits per heavy atom. The summed E-state index contributed by atoms with van der Waals surface area (Å²) in [6.07, 6.45) is 0.917. The van der Waals surface area contributed by atoms with E-state index >= 15 is 0 Å². The second kappa shape index (κ2) is 10.2. The Bertz CT molecular complexity index is 1040. The van der Waals surface area contributed by atoms with E-state index in [2.05, 4.69) is 20.4 Å². The molecule has 31 heavy (non-hydrogen) atoms. The number of azo groups is 1. The average molecular weight is 432 g/mol. The van der Waals surface area contributed by atoms with Gasteiger partial charge in [0.15, 0.2) is 5.69 Å². The van der Waals surface area contributed by atoms with Crippen LogP contribution in [0, 0.1) is 26.0 Å². The molecule has 1 N–H and O–H groups in total. The van der Waals surface area contributed by atoms with Crippen LogP contribution in [0.2, 0.25) is 0 Å². The molecule has 0 aliphatic carbocycles. The highest BCUT2D eigenvalue weighted by Gasteiger charge is 2.25. The standard InChI is InChI=1S/C19H21FN6O5/c1-4-8-24(5-2)13-6-7-15(16(9-13)21-12(3)27)22-23-17-10-14(20)18(25(28)29)11-19(17)26(30)31/h6-7,9-11H,4-5,8H2,1-3H3,(H,21,27). The molecule has 0 aromatic heterocycles. The van der Waals surface area contributed by atoms with Crippen molar-refractivity contribution in [3.63, 3.8) is 0 Å². The van der Waals surface area contributed by atoms with Gasteiger partial charge < -0.3 is 10.2 Å². The first-order valence-electron chi connectivity index (χ1n) is 9.38. The van der Waals surface area contributed by atoms with E-state index in [1.54, 1.807) is 18.2 Å². The van der Waals surface area contributed by atoms with Gasteiger partial charge in [0.05, 0.1) is 21.6 Å². The van der Waals surface area contributed by atoms with Crippen LogP contribution in [0.15, 0.2) is 40.6 Å². The van der Waals surface area contributed by atoms with E-state index in [9.17, 15) is 29.4 Å². The van der Waals surface area contributed by atoms with Crippen LogP contribution in [0.25, 0.3) is 0 Å². The Kier molecular flexibility index (Phi) is 7.66. The average Bonchev–Trinajstić information content (AvgIpc) is 2.70. The van der Waals surface area contributed by atoms with Gasteiger partial charge in [0.2, 0.25) is 11.7 Å². The number of anilines is 2. The first-order valence-corrected chi connectivity index (χ1v) is 9.38. The second-order valence-corrected chi connectivity index (χ2v) is 6.47. The maximum atomic E-state index is 13.9. The lowest BCUT2D eigenvalue weighted by molar-refractivity contribution is -0.395. The molecule has 2 aromatic carbocycles. The summed E-state index contributed by atoms with van der Waals surface area (Å²) in [4.78, 5) is 33.8. The Labute approximate surface area is 176 Å². The quantitative estimate of drug-likeness (QED) is 0.325. The van der Waals surface area contributed by atoms with Gasteiger partial charge in [-0.3, -0.25) is 25.0 Å². The van der Waals surface area contributed by atoms with Crippen LogP contribution in [0.3, 0.4) is 0 Å². The van der Waals surface area contributed by atoms with Crippen molar-refractivity contribution in [3.05, 3.63) is 56.4 Å². The number of nitro benzene ring substituents is 2. The summed E-state index contributed by atoms with van der Waals surface area (Å²) >= 11 is 0. The number of nitrogens with zero attached hydrogens (tertiary/aromatic N) is 5. The van der Waals surface area contributed by atoms with Crippen molar-refractivity contribution in [1.82, 2.24) is 0 Å². The number of amides is 1. The van der Waals surface area contributed by atoms with Crippen LogP contribution in [0.5, 0.6) is 0 Å². The van der Waals surface area contributed by atoms with Gasteiger partial charge in [0.1, 0.15) is 5.69 Å². The molecule has 0 saturated heterocycles. The third-order valence-corrected chi connectivity index (χ3v) is 4.23. The number of hydrogen-bond acceptors (Lipinski definition) is 8. The minimum Gasteiger partial charge on any atom is -0.372 e. The molecule has 2 rings (SSSR count). The molecule has 164 valence electrons. The molecule has 12 heteroatoms. The van der Waals surface area contributed by atoms with E-state index < -0.39 is 32.7 Å². The van der Waals surface area contributed by atoms with Gasteiger partial charge in [-0.15, -0.1) is 10.2 Å². The smallest absolute Gasteiger partial charge is 0.311 e. The predicted molar refractivity (Wildman–Crippen MR) is 113 cm³/mol. The van der Waals surface area contributed by atoms with Crippen LogP contribution in [-0.4, -0.2) is 28.8 Å². The van der Waals surface area contributed by atoms with Crippen LogP contribution < -0.4 is 10.2 Å². The zero-order valence-corrected chi connectivity index (χ0v) is 17.2. The highest BCUT2D eigenvalue weighted by molar-refractivity contribution is 5.93. The highest BCUT2D eigenvalue weighted by Crippen LogP contribution is 2.36. The van der Waals surface area contributed by atoms with Crippen LogP contribution in [0.1, 0.15) is 27.2 Å². The minimum atomic E-state index is -1.28. The fourth-order valence-corrected chi connectivity index (χ4v) is 2.85. The van der Waals surface area contributed by atoms with Gasteiger partial charge in [0.25, 0.3) is 0 Å². The number of halogens is 1. The van der Waals surface area contributed by atoms with Crippen molar-refractivity contribution < 1.29 is 19.0 Å². The van der Waals surface area contributed by atoms with Gasteiger partial charge in [0, 0.05) is 31.8 Å². The third-order valence-electron chi connectivity index (χ3n) is 4.23. The zero-order valence-electron chi connectivity index (χ0n) is 17.2. The number of nitro groups is 2. The van der Waals surface area contributed by atoms with Gasteiger partial charge in [-0.1, -0.05) is 6.92 Å². The highest BCUT2D eigenvalue weighted by atomic mass is 19.1. The van der Waals surface area contributed by atoms with Crippen molar-refractivity contribution in [1.29, 1.82) is 0 Å². The lowest BCUT2D eigenvalue weighted by atomic mass is 10.2. The number of benzene rings is 2. The summed E-state index contributed by atoms with van der Waals surface area (Å²) in [7, 11) is 0. The molecule has 0 radical (unpaired) electrons. The molecule has 2 aromatic rings. The normalized spacial score (nSPS) is 10.8. The Morgan fingerprint density at radius 3 is 2.26 bits per heavy atom. The molecule has 0 aliphatic rings. The molecule has 11 nitrogen and oxygen atoms in total. The number of rotatable bonds is 9. The summed E-state index contributed by atoms with van der Waals surface area (Å²) in [5, 5.41) is 32.3. The van der Waals surface area contributed by atoms with E-state index in [1.165, 1.54) is 6.92 Å². The Morgan fingerprint density at radius 1 is 1.06 bits per heavy atom. The summed E-state index contributed by atoms with van der Waals surface area (Å²) in [5.74, 6) is -1.64. The molecule has 0 heterocycles.